The molecule has 0 spiro atoms. The SMILES string of the molecule is O=S(=O)(N1CCc2ccccc2C1)N1CC[C@H](CO)[C@H](O)C1. The molecule has 22 heavy (non-hydrogen) atoms. The predicted octanol–water partition coefficient (Wildman–Crippen LogP) is -0.0354. The van der Waals surface area contributed by atoms with E-state index in [4.69, 9.17) is 0 Å². The molecule has 2 aliphatic heterocycles. The molecule has 1 fully saturated rings. The Morgan fingerprint density at radius 2 is 1.86 bits per heavy atom. The van der Waals surface area contributed by atoms with Gasteiger partial charge in [-0.3, -0.25) is 0 Å². The van der Waals surface area contributed by atoms with Crippen LogP contribution < -0.4 is 0 Å². The second-order valence-electron chi connectivity index (χ2n) is 6.02. The lowest BCUT2D eigenvalue weighted by Gasteiger charge is -2.38. The Balaban J connectivity index is 1.74. The molecule has 7 heteroatoms. The molecule has 2 N–H and O–H groups in total. The van der Waals surface area contributed by atoms with Gasteiger partial charge in [-0.25, -0.2) is 0 Å². The summed E-state index contributed by atoms with van der Waals surface area (Å²) < 4.78 is 28.4. The molecular weight excluding hydrogens is 304 g/mol. The first-order valence-corrected chi connectivity index (χ1v) is 9.03. The summed E-state index contributed by atoms with van der Waals surface area (Å²) in [6.07, 6.45) is 0.400. The molecule has 2 heterocycles. The van der Waals surface area contributed by atoms with Crippen molar-refractivity contribution in [2.24, 2.45) is 5.92 Å². The van der Waals surface area contributed by atoms with Gasteiger partial charge in [0.25, 0.3) is 10.2 Å². The highest BCUT2D eigenvalue weighted by molar-refractivity contribution is 7.86. The van der Waals surface area contributed by atoms with Crippen molar-refractivity contribution in [3.05, 3.63) is 35.4 Å². The van der Waals surface area contributed by atoms with E-state index in [0.717, 1.165) is 5.56 Å². The summed E-state index contributed by atoms with van der Waals surface area (Å²) in [7, 11) is -3.57. The van der Waals surface area contributed by atoms with Gasteiger partial charge in [0.2, 0.25) is 0 Å². The van der Waals surface area contributed by atoms with Crippen molar-refractivity contribution in [1.82, 2.24) is 8.61 Å². The molecule has 3 rings (SSSR count). The Bertz CT molecular complexity index is 634. The van der Waals surface area contributed by atoms with Crippen LogP contribution >= 0.6 is 0 Å². The maximum atomic E-state index is 12.8. The van der Waals surface area contributed by atoms with E-state index in [-0.39, 0.29) is 19.1 Å². The summed E-state index contributed by atoms with van der Waals surface area (Å²) in [5, 5.41) is 19.1. The smallest absolute Gasteiger partial charge is 0.282 e. The largest absolute Gasteiger partial charge is 0.396 e. The average molecular weight is 326 g/mol. The van der Waals surface area contributed by atoms with E-state index < -0.39 is 16.3 Å². The summed E-state index contributed by atoms with van der Waals surface area (Å²) in [6.45, 7) is 1.16. The van der Waals surface area contributed by atoms with Gasteiger partial charge in [0.1, 0.15) is 0 Å². The number of benzene rings is 1. The fourth-order valence-electron chi connectivity index (χ4n) is 3.20. The van der Waals surface area contributed by atoms with Crippen molar-refractivity contribution in [2.75, 3.05) is 26.2 Å². The Morgan fingerprint density at radius 1 is 1.14 bits per heavy atom. The lowest BCUT2D eigenvalue weighted by Crippen LogP contribution is -2.53. The molecule has 0 unspecified atom stereocenters. The van der Waals surface area contributed by atoms with Crippen LogP contribution in [0.25, 0.3) is 0 Å². The van der Waals surface area contributed by atoms with Crippen LogP contribution in [-0.4, -0.2) is 59.6 Å². The average Bonchev–Trinajstić information content (AvgIpc) is 2.54. The number of rotatable bonds is 3. The molecule has 1 saturated heterocycles. The van der Waals surface area contributed by atoms with E-state index in [9.17, 15) is 18.6 Å². The minimum atomic E-state index is -3.57. The van der Waals surface area contributed by atoms with Gasteiger partial charge in [-0.15, -0.1) is 0 Å². The van der Waals surface area contributed by atoms with Crippen molar-refractivity contribution in [1.29, 1.82) is 0 Å². The van der Waals surface area contributed by atoms with Crippen LogP contribution in [0.1, 0.15) is 17.5 Å². The fraction of sp³-hybridized carbons (Fsp3) is 0.600. The number of fused-ring (bicyclic) bond motifs is 1. The van der Waals surface area contributed by atoms with Gasteiger partial charge in [-0.2, -0.15) is 17.0 Å². The molecule has 2 aliphatic rings. The molecule has 0 aromatic heterocycles. The van der Waals surface area contributed by atoms with Crippen molar-refractivity contribution in [3.63, 3.8) is 0 Å². The summed E-state index contributed by atoms with van der Waals surface area (Å²) in [5.41, 5.74) is 2.25. The van der Waals surface area contributed by atoms with Gasteiger partial charge in [-0.1, -0.05) is 24.3 Å². The number of hydrogen-bond donors (Lipinski definition) is 2. The third-order valence-electron chi connectivity index (χ3n) is 4.67. The van der Waals surface area contributed by atoms with E-state index in [1.807, 2.05) is 24.3 Å². The van der Waals surface area contributed by atoms with Crippen molar-refractivity contribution >= 4 is 10.2 Å². The highest BCUT2D eigenvalue weighted by atomic mass is 32.2. The molecule has 1 aromatic rings. The number of nitrogens with zero attached hydrogens (tertiary/aromatic N) is 2. The van der Waals surface area contributed by atoms with Crippen LogP contribution in [0.2, 0.25) is 0 Å². The Labute approximate surface area is 131 Å². The zero-order chi connectivity index (χ0) is 15.7. The molecular formula is C15H22N2O4S. The first-order valence-electron chi connectivity index (χ1n) is 7.63. The number of piperidine rings is 1. The first-order chi connectivity index (χ1) is 10.5. The van der Waals surface area contributed by atoms with Crippen LogP contribution in [0.5, 0.6) is 0 Å². The van der Waals surface area contributed by atoms with E-state index in [2.05, 4.69) is 0 Å². The molecule has 0 radical (unpaired) electrons. The second kappa shape index (κ2) is 6.25. The molecule has 0 amide bonds. The van der Waals surface area contributed by atoms with Gasteiger partial charge in [0.05, 0.1) is 6.10 Å². The predicted molar refractivity (Wildman–Crippen MR) is 82.2 cm³/mol. The zero-order valence-electron chi connectivity index (χ0n) is 12.4. The zero-order valence-corrected chi connectivity index (χ0v) is 13.2. The van der Waals surface area contributed by atoms with Gasteiger partial charge in [0.15, 0.2) is 0 Å². The van der Waals surface area contributed by atoms with E-state index in [0.29, 0.717) is 32.5 Å². The molecule has 0 saturated carbocycles. The fourth-order valence-corrected chi connectivity index (χ4v) is 4.83. The topological polar surface area (TPSA) is 81.1 Å². The number of aliphatic hydroxyl groups excluding tert-OH is 2. The quantitative estimate of drug-likeness (QED) is 0.817. The van der Waals surface area contributed by atoms with Gasteiger partial charge in [-0.05, 0) is 24.0 Å². The third kappa shape index (κ3) is 2.91. The standard InChI is InChI=1S/C15H22N2O4S/c18-11-14-6-8-17(10-15(14)19)22(20,21)16-7-5-12-3-1-2-4-13(12)9-16/h1-4,14-15,18-19H,5-11H2/t14-,15-/m1/s1. The molecule has 122 valence electrons. The minimum absolute atomic E-state index is 0.0612. The maximum Gasteiger partial charge on any atom is 0.282 e. The first kappa shape index (κ1) is 15.9. The monoisotopic (exact) mass is 326 g/mol. The van der Waals surface area contributed by atoms with Gasteiger partial charge in [0, 0.05) is 38.7 Å². The lowest BCUT2D eigenvalue weighted by molar-refractivity contribution is 0.0204. The summed E-state index contributed by atoms with van der Waals surface area (Å²) in [5.74, 6) is -0.228. The highest BCUT2D eigenvalue weighted by Gasteiger charge is 2.37. The van der Waals surface area contributed by atoms with E-state index in [1.54, 1.807) is 0 Å². The molecule has 2 atom stereocenters. The van der Waals surface area contributed by atoms with Gasteiger partial charge >= 0.3 is 0 Å². The van der Waals surface area contributed by atoms with Crippen LogP contribution in [-0.2, 0) is 23.2 Å². The van der Waals surface area contributed by atoms with E-state index in [1.165, 1.54) is 14.2 Å². The summed E-state index contributed by atoms with van der Waals surface area (Å²) in [6, 6.07) is 7.89. The Kier molecular flexibility index (Phi) is 4.52. The molecule has 6 nitrogen and oxygen atoms in total. The Morgan fingerprint density at radius 3 is 2.55 bits per heavy atom. The highest BCUT2D eigenvalue weighted by Crippen LogP contribution is 2.26. The number of hydrogen-bond acceptors (Lipinski definition) is 4. The number of aliphatic hydroxyl groups is 2. The summed E-state index contributed by atoms with van der Waals surface area (Å²) >= 11 is 0. The molecule has 1 aromatic carbocycles. The van der Waals surface area contributed by atoms with Crippen LogP contribution in [0.3, 0.4) is 0 Å². The van der Waals surface area contributed by atoms with Crippen LogP contribution in [0.4, 0.5) is 0 Å². The van der Waals surface area contributed by atoms with E-state index >= 15 is 0 Å². The van der Waals surface area contributed by atoms with Crippen molar-refractivity contribution in [3.8, 4) is 0 Å². The minimum Gasteiger partial charge on any atom is -0.396 e. The number of β-amino-alcohol motifs (C(OH)–C–C–N with tert-alkyl or cyclic N) is 1. The van der Waals surface area contributed by atoms with Crippen molar-refractivity contribution in [2.45, 2.75) is 25.5 Å². The molecule has 0 bridgehead atoms. The third-order valence-corrected chi connectivity index (χ3v) is 6.62. The lowest BCUT2D eigenvalue weighted by atomic mass is 9.96. The van der Waals surface area contributed by atoms with Crippen LogP contribution in [0, 0.1) is 5.92 Å². The van der Waals surface area contributed by atoms with Gasteiger partial charge < -0.3 is 10.2 Å². The molecule has 0 aliphatic carbocycles. The maximum absolute atomic E-state index is 12.8. The normalized spacial score (nSPS) is 27.5. The second-order valence-corrected chi connectivity index (χ2v) is 7.95. The Hall–Kier alpha value is -0.990. The van der Waals surface area contributed by atoms with Crippen molar-refractivity contribution < 1.29 is 18.6 Å². The summed E-state index contributed by atoms with van der Waals surface area (Å²) in [4.78, 5) is 0. The van der Waals surface area contributed by atoms with Crippen LogP contribution in [0.15, 0.2) is 24.3 Å².